The lowest BCUT2D eigenvalue weighted by atomic mass is 9.89. The van der Waals surface area contributed by atoms with Crippen molar-refractivity contribution in [2.45, 2.75) is 25.2 Å². The quantitative estimate of drug-likeness (QED) is 0.892. The Morgan fingerprint density at radius 2 is 2.12 bits per heavy atom. The fourth-order valence-corrected chi connectivity index (χ4v) is 3.66. The van der Waals surface area contributed by atoms with Crippen LogP contribution < -0.4 is 20.5 Å². The lowest BCUT2D eigenvalue weighted by Gasteiger charge is -2.33. The second kappa shape index (κ2) is 6.71. The molecule has 0 radical (unpaired) electrons. The number of fused-ring (bicyclic) bond motifs is 2. The molecule has 0 bridgehead atoms. The zero-order valence-corrected chi connectivity index (χ0v) is 14.6. The number of hydrogen-bond donors (Lipinski definition) is 2. The summed E-state index contributed by atoms with van der Waals surface area (Å²) in [4.78, 5) is 25.1. The number of anilines is 2. The molecule has 6 heteroatoms. The highest BCUT2D eigenvalue weighted by Gasteiger charge is 2.32. The second-order valence-corrected chi connectivity index (χ2v) is 6.62. The second-order valence-electron chi connectivity index (χ2n) is 6.62. The van der Waals surface area contributed by atoms with E-state index < -0.39 is 5.92 Å². The minimum absolute atomic E-state index is 0.126. The van der Waals surface area contributed by atoms with Crippen molar-refractivity contribution in [3.8, 4) is 5.75 Å². The Morgan fingerprint density at radius 1 is 1.27 bits per heavy atom. The molecule has 26 heavy (non-hydrogen) atoms. The zero-order valence-electron chi connectivity index (χ0n) is 14.6. The summed E-state index contributed by atoms with van der Waals surface area (Å²) in [6, 6.07) is 13.5. The summed E-state index contributed by atoms with van der Waals surface area (Å²) in [5, 5.41) is 4.72. The van der Waals surface area contributed by atoms with E-state index in [0.717, 1.165) is 30.6 Å². The van der Waals surface area contributed by atoms with E-state index in [0.29, 0.717) is 11.4 Å². The molecule has 0 spiro atoms. The number of para-hydroxylation sites is 1. The van der Waals surface area contributed by atoms with Gasteiger partial charge in [0.2, 0.25) is 11.8 Å². The molecule has 0 saturated carbocycles. The van der Waals surface area contributed by atoms with Gasteiger partial charge in [0, 0.05) is 18.7 Å². The standard InChI is InChI=1S/C20H21N3O3/c1-26-14-8-9-17-15(11-14)16(12-19(24)21-17)20(25)22-23-10-4-6-13-5-2-3-7-18(13)23/h2-3,5,7-9,11,16H,4,6,10,12H2,1H3,(H,21,24)(H,22,25)/t16-/m1/s1. The van der Waals surface area contributed by atoms with E-state index in [4.69, 9.17) is 4.74 Å². The summed E-state index contributed by atoms with van der Waals surface area (Å²) in [6.45, 7) is 0.757. The Labute approximate surface area is 152 Å². The Balaban J connectivity index is 1.61. The summed E-state index contributed by atoms with van der Waals surface area (Å²) < 4.78 is 5.28. The molecule has 0 aromatic heterocycles. The maximum atomic E-state index is 13.0. The third-order valence-corrected chi connectivity index (χ3v) is 4.97. The van der Waals surface area contributed by atoms with Crippen LogP contribution in [0.25, 0.3) is 0 Å². The number of hydrogen-bond acceptors (Lipinski definition) is 4. The summed E-state index contributed by atoms with van der Waals surface area (Å²) >= 11 is 0. The largest absolute Gasteiger partial charge is 0.497 e. The minimum Gasteiger partial charge on any atom is -0.497 e. The SMILES string of the molecule is COc1ccc2c(c1)[C@H](C(=O)NN1CCCc3ccccc31)CC(=O)N2. The lowest BCUT2D eigenvalue weighted by molar-refractivity contribution is -0.126. The summed E-state index contributed by atoms with van der Waals surface area (Å²) in [7, 11) is 1.59. The van der Waals surface area contributed by atoms with Crippen molar-refractivity contribution in [2.75, 3.05) is 24.0 Å². The molecule has 1 atom stereocenters. The molecule has 0 aliphatic carbocycles. The number of carbonyl (C=O) groups is 2. The molecule has 4 rings (SSSR count). The van der Waals surface area contributed by atoms with Crippen LogP contribution >= 0.6 is 0 Å². The van der Waals surface area contributed by atoms with Crippen LogP contribution in [0.5, 0.6) is 5.75 Å². The molecule has 2 aromatic carbocycles. The molecule has 0 saturated heterocycles. The number of rotatable bonds is 3. The van der Waals surface area contributed by atoms with Gasteiger partial charge in [-0.05, 0) is 48.2 Å². The van der Waals surface area contributed by atoms with Crippen molar-refractivity contribution in [2.24, 2.45) is 0 Å². The molecule has 2 N–H and O–H groups in total. The van der Waals surface area contributed by atoms with Gasteiger partial charge in [0.1, 0.15) is 5.75 Å². The maximum absolute atomic E-state index is 13.0. The van der Waals surface area contributed by atoms with E-state index >= 15 is 0 Å². The molecule has 2 aromatic rings. The Hall–Kier alpha value is -3.02. The van der Waals surface area contributed by atoms with Gasteiger partial charge in [-0.15, -0.1) is 0 Å². The predicted molar refractivity (Wildman–Crippen MR) is 99.2 cm³/mol. The first kappa shape index (κ1) is 16.4. The molecule has 2 aliphatic rings. The number of aryl methyl sites for hydroxylation is 1. The average molecular weight is 351 g/mol. The fraction of sp³-hybridized carbons (Fsp3) is 0.300. The van der Waals surface area contributed by atoms with E-state index in [1.807, 2.05) is 29.3 Å². The number of nitrogens with one attached hydrogen (secondary N) is 2. The first-order valence-electron chi connectivity index (χ1n) is 8.79. The normalized spacial score (nSPS) is 18.4. The summed E-state index contributed by atoms with van der Waals surface area (Å²) in [6.07, 6.45) is 2.11. The van der Waals surface area contributed by atoms with Gasteiger partial charge in [0.25, 0.3) is 0 Å². The third kappa shape index (κ3) is 2.98. The average Bonchev–Trinajstić information content (AvgIpc) is 2.67. The smallest absolute Gasteiger partial charge is 0.246 e. The summed E-state index contributed by atoms with van der Waals surface area (Å²) in [5.41, 5.74) is 6.72. The topological polar surface area (TPSA) is 70.7 Å². The molecular formula is C20H21N3O3. The molecule has 2 aliphatic heterocycles. The van der Waals surface area contributed by atoms with Gasteiger partial charge in [-0.25, -0.2) is 0 Å². The van der Waals surface area contributed by atoms with E-state index in [1.54, 1.807) is 19.2 Å². The van der Waals surface area contributed by atoms with Crippen LogP contribution in [0.2, 0.25) is 0 Å². The first-order chi connectivity index (χ1) is 12.7. The maximum Gasteiger partial charge on any atom is 0.246 e. The van der Waals surface area contributed by atoms with Crippen LogP contribution in [0.3, 0.4) is 0 Å². The first-order valence-corrected chi connectivity index (χ1v) is 8.79. The molecular weight excluding hydrogens is 330 g/mol. The van der Waals surface area contributed by atoms with Crippen molar-refractivity contribution < 1.29 is 14.3 Å². The Kier molecular flexibility index (Phi) is 4.24. The van der Waals surface area contributed by atoms with Crippen LogP contribution in [0.15, 0.2) is 42.5 Å². The van der Waals surface area contributed by atoms with Crippen molar-refractivity contribution in [1.29, 1.82) is 0 Å². The van der Waals surface area contributed by atoms with Gasteiger partial charge in [-0.1, -0.05) is 18.2 Å². The molecule has 0 unspecified atom stereocenters. The van der Waals surface area contributed by atoms with Gasteiger partial charge in [0.15, 0.2) is 0 Å². The Morgan fingerprint density at radius 3 is 2.96 bits per heavy atom. The van der Waals surface area contributed by atoms with E-state index in [9.17, 15) is 9.59 Å². The van der Waals surface area contributed by atoms with E-state index in [2.05, 4.69) is 16.8 Å². The van der Waals surface area contributed by atoms with Gasteiger partial charge in [-0.3, -0.25) is 20.0 Å². The van der Waals surface area contributed by atoms with Crippen LogP contribution in [0.4, 0.5) is 11.4 Å². The predicted octanol–water partition coefficient (Wildman–Crippen LogP) is 2.61. The molecule has 2 amide bonds. The summed E-state index contributed by atoms with van der Waals surface area (Å²) in [5.74, 6) is -0.197. The molecule has 6 nitrogen and oxygen atoms in total. The minimum atomic E-state index is -0.539. The Bertz CT molecular complexity index is 865. The van der Waals surface area contributed by atoms with Gasteiger partial charge < -0.3 is 10.1 Å². The fourth-order valence-electron chi connectivity index (χ4n) is 3.66. The van der Waals surface area contributed by atoms with E-state index in [-0.39, 0.29) is 18.2 Å². The highest BCUT2D eigenvalue weighted by molar-refractivity contribution is 6.01. The van der Waals surface area contributed by atoms with Crippen LogP contribution in [0, 0.1) is 0 Å². The van der Waals surface area contributed by atoms with Crippen LogP contribution in [-0.2, 0) is 16.0 Å². The van der Waals surface area contributed by atoms with Gasteiger partial charge in [0.05, 0.1) is 18.7 Å². The van der Waals surface area contributed by atoms with Gasteiger partial charge in [-0.2, -0.15) is 0 Å². The number of hydrazine groups is 1. The van der Waals surface area contributed by atoms with Crippen molar-refractivity contribution >= 4 is 23.2 Å². The highest BCUT2D eigenvalue weighted by Crippen LogP contribution is 2.35. The number of amides is 2. The molecule has 0 fully saturated rings. The third-order valence-electron chi connectivity index (χ3n) is 4.97. The van der Waals surface area contributed by atoms with Crippen molar-refractivity contribution in [1.82, 2.24) is 5.43 Å². The number of ether oxygens (including phenoxy) is 1. The molecule has 2 heterocycles. The number of methoxy groups -OCH3 is 1. The monoisotopic (exact) mass is 351 g/mol. The number of nitrogens with zero attached hydrogens (tertiary/aromatic N) is 1. The molecule has 134 valence electrons. The van der Waals surface area contributed by atoms with Gasteiger partial charge >= 0.3 is 0 Å². The number of benzene rings is 2. The van der Waals surface area contributed by atoms with Crippen LogP contribution in [0.1, 0.15) is 29.9 Å². The van der Waals surface area contributed by atoms with Crippen molar-refractivity contribution in [3.05, 3.63) is 53.6 Å². The zero-order chi connectivity index (χ0) is 18.1. The van der Waals surface area contributed by atoms with E-state index in [1.165, 1.54) is 5.56 Å². The van der Waals surface area contributed by atoms with Crippen molar-refractivity contribution in [3.63, 3.8) is 0 Å². The lowest BCUT2D eigenvalue weighted by Crippen LogP contribution is -2.48. The highest BCUT2D eigenvalue weighted by atomic mass is 16.5. The van der Waals surface area contributed by atoms with Crippen LogP contribution in [-0.4, -0.2) is 25.5 Å². The number of carbonyl (C=O) groups excluding carboxylic acids is 2.